The number of nitrogens with zero attached hydrogens (tertiary/aromatic N) is 2. The van der Waals surface area contributed by atoms with E-state index in [1.165, 1.54) is 10.6 Å². The average molecular weight is 383 g/mol. The Balaban J connectivity index is 1.94. The molecule has 4 aromatic rings. The molecule has 8 heteroatoms. The lowest BCUT2D eigenvalue weighted by Crippen LogP contribution is -2.16. The Labute approximate surface area is 157 Å². The molecule has 2 heterocycles. The van der Waals surface area contributed by atoms with Crippen molar-refractivity contribution in [3.8, 4) is 22.6 Å². The first-order valence-corrected chi connectivity index (χ1v) is 8.33. The number of aromatic nitrogens is 2. The molecule has 0 saturated heterocycles. The number of pyridine rings is 1. The summed E-state index contributed by atoms with van der Waals surface area (Å²) in [5.41, 5.74) is 7.46. The van der Waals surface area contributed by atoms with E-state index in [1.54, 1.807) is 38.4 Å². The van der Waals surface area contributed by atoms with Crippen LogP contribution in [0, 0.1) is 18.6 Å². The van der Waals surface area contributed by atoms with Crippen LogP contribution in [0.15, 0.2) is 51.8 Å². The monoisotopic (exact) mass is 383 g/mol. The van der Waals surface area contributed by atoms with Gasteiger partial charge in [-0.15, -0.1) is 0 Å². The third-order valence-electron chi connectivity index (χ3n) is 4.23. The van der Waals surface area contributed by atoms with Gasteiger partial charge in [-0.05, 0) is 30.3 Å². The minimum Gasteiger partial charge on any atom is -0.454 e. The summed E-state index contributed by atoms with van der Waals surface area (Å²) < 4.78 is 39.9. The Kier molecular flexibility index (Phi) is 4.11. The molecule has 0 aliphatic heterocycles. The lowest BCUT2D eigenvalue weighted by atomic mass is 10.0. The van der Waals surface area contributed by atoms with Crippen LogP contribution in [0.4, 0.5) is 14.5 Å². The number of nitrogen functional groups attached to an aromatic ring is 1. The molecule has 28 heavy (non-hydrogen) atoms. The predicted molar refractivity (Wildman–Crippen MR) is 100 cm³/mol. The first kappa shape index (κ1) is 17.7. The molecule has 0 radical (unpaired) electrons. The molecule has 0 aliphatic carbocycles. The van der Waals surface area contributed by atoms with Crippen molar-refractivity contribution in [2.75, 3.05) is 5.73 Å². The second-order valence-corrected chi connectivity index (χ2v) is 6.30. The maximum atomic E-state index is 14.1. The van der Waals surface area contributed by atoms with Crippen molar-refractivity contribution in [1.82, 2.24) is 9.55 Å². The van der Waals surface area contributed by atoms with Crippen molar-refractivity contribution in [2.45, 2.75) is 6.92 Å². The van der Waals surface area contributed by atoms with E-state index in [0.717, 1.165) is 12.1 Å². The molecule has 2 aromatic carbocycles. The summed E-state index contributed by atoms with van der Waals surface area (Å²) in [5.74, 6) is -1.12. The molecule has 0 fully saturated rings. The van der Waals surface area contributed by atoms with Crippen LogP contribution in [0.1, 0.15) is 5.89 Å². The predicted octanol–water partition coefficient (Wildman–Crippen LogP) is 4.15. The molecule has 0 bridgehead atoms. The minimum atomic E-state index is -0.844. The van der Waals surface area contributed by atoms with Crippen LogP contribution in [0.2, 0.25) is 0 Å². The van der Waals surface area contributed by atoms with E-state index in [4.69, 9.17) is 14.9 Å². The lowest BCUT2D eigenvalue weighted by molar-refractivity contribution is 0.439. The lowest BCUT2D eigenvalue weighted by Gasteiger charge is -2.13. The zero-order valence-electron chi connectivity index (χ0n) is 15.0. The molecular weight excluding hydrogens is 368 g/mol. The number of nitrogens with two attached hydrogens (primary N) is 1. The quantitative estimate of drug-likeness (QED) is 0.537. The second-order valence-electron chi connectivity index (χ2n) is 6.30. The number of oxazole rings is 1. The molecule has 0 spiro atoms. The Hall–Kier alpha value is -3.68. The van der Waals surface area contributed by atoms with Crippen molar-refractivity contribution >= 4 is 16.8 Å². The van der Waals surface area contributed by atoms with E-state index in [-0.39, 0.29) is 28.2 Å². The fraction of sp³-hybridized carbons (Fsp3) is 0.100. The molecule has 0 amide bonds. The maximum absolute atomic E-state index is 14.1. The molecule has 6 nitrogen and oxygen atoms in total. The van der Waals surface area contributed by atoms with Crippen LogP contribution in [0.5, 0.6) is 11.5 Å². The summed E-state index contributed by atoms with van der Waals surface area (Å²) in [4.78, 5) is 16.5. The van der Waals surface area contributed by atoms with Crippen LogP contribution in [0.25, 0.3) is 22.2 Å². The van der Waals surface area contributed by atoms with Crippen LogP contribution < -0.4 is 16.0 Å². The average Bonchev–Trinajstić information content (AvgIpc) is 3.04. The molecule has 142 valence electrons. The number of benzene rings is 2. The number of ether oxygens (including phenoxy) is 1. The summed E-state index contributed by atoms with van der Waals surface area (Å²) in [6.45, 7) is 1.63. The highest BCUT2D eigenvalue weighted by atomic mass is 19.1. The van der Waals surface area contributed by atoms with E-state index in [9.17, 15) is 13.6 Å². The number of anilines is 1. The van der Waals surface area contributed by atoms with E-state index in [0.29, 0.717) is 22.7 Å². The number of fused-ring (bicyclic) bond motifs is 1. The van der Waals surface area contributed by atoms with Crippen molar-refractivity contribution in [1.29, 1.82) is 0 Å². The molecule has 2 aromatic heterocycles. The van der Waals surface area contributed by atoms with Gasteiger partial charge in [0.25, 0.3) is 5.56 Å². The van der Waals surface area contributed by atoms with Crippen LogP contribution in [-0.4, -0.2) is 9.55 Å². The topological polar surface area (TPSA) is 83.3 Å². The zero-order valence-corrected chi connectivity index (χ0v) is 15.0. The largest absolute Gasteiger partial charge is 0.454 e. The van der Waals surface area contributed by atoms with Gasteiger partial charge in [-0.1, -0.05) is 0 Å². The second kappa shape index (κ2) is 6.49. The van der Waals surface area contributed by atoms with Gasteiger partial charge in [0.05, 0.1) is 0 Å². The molecule has 0 atom stereocenters. The van der Waals surface area contributed by atoms with Gasteiger partial charge in [0.15, 0.2) is 28.6 Å². The molecule has 0 aliphatic rings. The minimum absolute atomic E-state index is 0.151. The third kappa shape index (κ3) is 2.98. The van der Waals surface area contributed by atoms with Crippen LogP contribution >= 0.6 is 0 Å². The number of hydrogen-bond donors (Lipinski definition) is 1. The number of rotatable bonds is 3. The fourth-order valence-electron chi connectivity index (χ4n) is 2.95. The summed E-state index contributed by atoms with van der Waals surface area (Å²) >= 11 is 0. The summed E-state index contributed by atoms with van der Waals surface area (Å²) in [7, 11) is 1.59. The van der Waals surface area contributed by atoms with Crippen LogP contribution in [0.3, 0.4) is 0 Å². The van der Waals surface area contributed by atoms with Crippen molar-refractivity contribution in [2.24, 2.45) is 7.05 Å². The molecular formula is C20H15F2N3O3. The molecule has 0 saturated carbocycles. The smallest absolute Gasteiger partial charge is 0.280 e. The van der Waals surface area contributed by atoms with Crippen LogP contribution in [-0.2, 0) is 7.05 Å². The van der Waals surface area contributed by atoms with Gasteiger partial charge in [-0.25, -0.2) is 13.8 Å². The molecule has 4 rings (SSSR count). The summed E-state index contributed by atoms with van der Waals surface area (Å²) in [5, 5.41) is 0. The van der Waals surface area contributed by atoms with E-state index in [2.05, 4.69) is 4.98 Å². The van der Waals surface area contributed by atoms with Crippen molar-refractivity contribution in [3.05, 3.63) is 70.5 Å². The van der Waals surface area contributed by atoms with Gasteiger partial charge >= 0.3 is 0 Å². The number of halogens is 2. The maximum Gasteiger partial charge on any atom is 0.280 e. The normalized spacial score (nSPS) is 11.1. The van der Waals surface area contributed by atoms with Crippen molar-refractivity contribution in [3.63, 3.8) is 0 Å². The summed E-state index contributed by atoms with van der Waals surface area (Å²) in [6.07, 6.45) is 1.57. The SMILES string of the molecule is Cc1nc2c(=O)n(C)cc(-c3cc(N)ccc3Oc3ccc(F)cc3F)c2o1. The van der Waals surface area contributed by atoms with E-state index >= 15 is 0 Å². The van der Waals surface area contributed by atoms with Crippen molar-refractivity contribution < 1.29 is 17.9 Å². The highest BCUT2D eigenvalue weighted by molar-refractivity contribution is 5.92. The first-order chi connectivity index (χ1) is 13.3. The van der Waals surface area contributed by atoms with Gasteiger partial charge in [-0.3, -0.25) is 4.79 Å². The first-order valence-electron chi connectivity index (χ1n) is 8.33. The standard InChI is InChI=1S/C20H15F2N3O3/c1-10-24-18-19(27-10)14(9-25(2)20(18)26)13-8-12(23)4-6-16(13)28-17-5-3-11(21)7-15(17)22/h3-9H,23H2,1-2H3. The highest BCUT2D eigenvalue weighted by Crippen LogP contribution is 2.38. The zero-order chi connectivity index (χ0) is 20.0. The van der Waals surface area contributed by atoms with Gasteiger partial charge in [-0.2, -0.15) is 0 Å². The Morgan fingerprint density at radius 2 is 1.86 bits per heavy atom. The Morgan fingerprint density at radius 1 is 1.11 bits per heavy atom. The number of aryl methyl sites for hydroxylation is 2. The fourth-order valence-corrected chi connectivity index (χ4v) is 2.95. The van der Waals surface area contributed by atoms with Gasteiger partial charge in [0.2, 0.25) is 0 Å². The van der Waals surface area contributed by atoms with Gasteiger partial charge in [0, 0.05) is 43.0 Å². The third-order valence-corrected chi connectivity index (χ3v) is 4.23. The Bertz CT molecular complexity index is 1280. The van der Waals surface area contributed by atoms with E-state index < -0.39 is 11.6 Å². The molecule has 0 unspecified atom stereocenters. The van der Waals surface area contributed by atoms with Gasteiger partial charge in [0.1, 0.15) is 11.6 Å². The summed E-state index contributed by atoms with van der Waals surface area (Å²) in [6, 6.07) is 7.79. The Morgan fingerprint density at radius 3 is 2.61 bits per heavy atom. The molecule has 2 N–H and O–H groups in total. The van der Waals surface area contributed by atoms with E-state index in [1.807, 2.05) is 0 Å². The van der Waals surface area contributed by atoms with Gasteiger partial charge < -0.3 is 19.5 Å². The number of hydrogen-bond acceptors (Lipinski definition) is 5. The highest BCUT2D eigenvalue weighted by Gasteiger charge is 2.19.